The summed E-state index contributed by atoms with van der Waals surface area (Å²) in [4.78, 5) is 11.6. The summed E-state index contributed by atoms with van der Waals surface area (Å²) in [6, 6.07) is 0.444. The van der Waals surface area contributed by atoms with Crippen molar-refractivity contribution in [2.75, 3.05) is 0 Å². The summed E-state index contributed by atoms with van der Waals surface area (Å²) in [6.45, 7) is 2.26. The van der Waals surface area contributed by atoms with Gasteiger partial charge in [-0.05, 0) is 43.8 Å². The molecule has 0 saturated heterocycles. The quantitative estimate of drug-likeness (QED) is 0.529. The van der Waals surface area contributed by atoms with E-state index in [2.05, 4.69) is 23.1 Å². The summed E-state index contributed by atoms with van der Waals surface area (Å²) in [7, 11) is 0. The number of amides is 1. The summed E-state index contributed by atoms with van der Waals surface area (Å²) in [5.74, 6) is 0.914. The average Bonchev–Trinajstić information content (AvgIpc) is 2.27. The molecule has 18 heavy (non-hydrogen) atoms. The predicted octanol–water partition coefficient (Wildman–Crippen LogP) is 1.86. The van der Waals surface area contributed by atoms with E-state index in [-0.39, 0.29) is 11.8 Å². The predicted molar refractivity (Wildman–Crippen MR) is 75.8 cm³/mol. The Balaban J connectivity index is 1.66. The number of carbonyl (C=O) groups is 1. The van der Waals surface area contributed by atoms with Crippen LogP contribution in [0.1, 0.15) is 51.9 Å². The lowest BCUT2D eigenvalue weighted by Crippen LogP contribution is -2.53. The molecule has 2 unspecified atom stereocenters. The molecule has 2 rings (SSSR count). The summed E-state index contributed by atoms with van der Waals surface area (Å²) in [5, 5.41) is 3.85. The number of nitrogens with one attached hydrogen (secondary N) is 3. The highest BCUT2D eigenvalue weighted by molar-refractivity contribution is 7.80. The van der Waals surface area contributed by atoms with Crippen molar-refractivity contribution in [1.29, 1.82) is 0 Å². The molecule has 2 atom stereocenters. The Kier molecular flexibility index (Phi) is 4.80. The van der Waals surface area contributed by atoms with E-state index in [1.807, 2.05) is 0 Å². The van der Waals surface area contributed by atoms with Gasteiger partial charge in [0.25, 0.3) is 0 Å². The van der Waals surface area contributed by atoms with Crippen LogP contribution < -0.4 is 16.2 Å². The van der Waals surface area contributed by atoms with Crippen LogP contribution in [0.2, 0.25) is 0 Å². The molecule has 2 saturated carbocycles. The molecule has 2 fully saturated rings. The molecular weight excluding hydrogens is 246 g/mol. The van der Waals surface area contributed by atoms with Crippen molar-refractivity contribution >= 4 is 23.2 Å². The van der Waals surface area contributed by atoms with E-state index in [0.717, 1.165) is 12.8 Å². The van der Waals surface area contributed by atoms with Crippen molar-refractivity contribution in [2.24, 2.45) is 11.8 Å². The third kappa shape index (κ3) is 3.57. The van der Waals surface area contributed by atoms with Gasteiger partial charge in [0.05, 0.1) is 0 Å². The van der Waals surface area contributed by atoms with Gasteiger partial charge in [0.15, 0.2) is 5.11 Å². The molecule has 0 spiro atoms. The highest BCUT2D eigenvalue weighted by atomic mass is 32.1. The lowest BCUT2D eigenvalue weighted by molar-refractivity contribution is -0.127. The largest absolute Gasteiger partial charge is 0.358 e. The molecule has 4 nitrogen and oxygen atoms in total. The first-order chi connectivity index (χ1) is 8.66. The monoisotopic (exact) mass is 269 g/mol. The van der Waals surface area contributed by atoms with Crippen molar-refractivity contribution in [3.8, 4) is 0 Å². The molecule has 0 aromatic rings. The van der Waals surface area contributed by atoms with Gasteiger partial charge in [0, 0.05) is 12.0 Å². The van der Waals surface area contributed by atoms with Gasteiger partial charge in [-0.25, -0.2) is 0 Å². The van der Waals surface area contributed by atoms with Crippen LogP contribution >= 0.6 is 12.2 Å². The van der Waals surface area contributed by atoms with Gasteiger partial charge >= 0.3 is 0 Å². The zero-order valence-corrected chi connectivity index (χ0v) is 11.8. The molecule has 0 aromatic heterocycles. The second kappa shape index (κ2) is 6.36. The number of carbonyl (C=O) groups excluding carboxylic acids is 1. The van der Waals surface area contributed by atoms with Crippen LogP contribution in [0.5, 0.6) is 0 Å². The van der Waals surface area contributed by atoms with E-state index in [1.165, 1.54) is 32.1 Å². The van der Waals surface area contributed by atoms with Crippen molar-refractivity contribution in [3.63, 3.8) is 0 Å². The van der Waals surface area contributed by atoms with Gasteiger partial charge in [-0.1, -0.05) is 26.2 Å². The Labute approximate surface area is 114 Å². The minimum atomic E-state index is 0.0714. The molecule has 1 amide bonds. The third-order valence-electron chi connectivity index (χ3n) is 4.20. The highest BCUT2D eigenvalue weighted by Crippen LogP contribution is 2.26. The topological polar surface area (TPSA) is 53.2 Å². The second-order valence-corrected chi connectivity index (χ2v) is 5.99. The molecule has 0 bridgehead atoms. The molecule has 5 heteroatoms. The average molecular weight is 269 g/mol. The summed E-state index contributed by atoms with van der Waals surface area (Å²) in [5.41, 5.74) is 5.52. The van der Waals surface area contributed by atoms with Gasteiger partial charge in [0.2, 0.25) is 5.91 Å². The molecule has 0 aromatic carbocycles. The van der Waals surface area contributed by atoms with Gasteiger partial charge in [-0.15, -0.1) is 0 Å². The Morgan fingerprint density at radius 3 is 2.39 bits per heavy atom. The molecule has 0 heterocycles. The normalized spacial score (nSPS) is 28.1. The minimum absolute atomic E-state index is 0.0714. The smallest absolute Gasteiger partial charge is 0.241 e. The van der Waals surface area contributed by atoms with Crippen molar-refractivity contribution in [3.05, 3.63) is 0 Å². The summed E-state index contributed by atoms with van der Waals surface area (Å²) >= 11 is 5.21. The van der Waals surface area contributed by atoms with Crippen molar-refractivity contribution in [2.45, 2.75) is 57.9 Å². The first kappa shape index (κ1) is 13.6. The van der Waals surface area contributed by atoms with Crippen LogP contribution in [-0.2, 0) is 4.79 Å². The van der Waals surface area contributed by atoms with E-state index in [1.54, 1.807) is 0 Å². The van der Waals surface area contributed by atoms with Gasteiger partial charge in [-0.3, -0.25) is 15.6 Å². The standard InChI is InChI=1S/C13H23N3OS/c1-9-5-2-3-8-11(9)14-13(18)16-15-12(17)10-6-4-7-10/h9-11H,2-8H2,1H3,(H,15,17)(H2,14,16,18). The highest BCUT2D eigenvalue weighted by Gasteiger charge is 2.25. The summed E-state index contributed by atoms with van der Waals surface area (Å²) < 4.78 is 0. The Morgan fingerprint density at radius 2 is 1.78 bits per heavy atom. The van der Waals surface area contributed by atoms with Gasteiger partial charge in [0.1, 0.15) is 0 Å². The van der Waals surface area contributed by atoms with E-state index in [4.69, 9.17) is 12.2 Å². The molecule has 0 aliphatic heterocycles. The van der Waals surface area contributed by atoms with E-state index >= 15 is 0 Å². The van der Waals surface area contributed by atoms with Crippen molar-refractivity contribution < 1.29 is 4.79 Å². The van der Waals surface area contributed by atoms with Crippen LogP contribution in [0.4, 0.5) is 0 Å². The SMILES string of the molecule is CC1CCCCC1NC(=S)NNC(=O)C1CCC1. The molecular formula is C13H23N3OS. The number of thiocarbonyl (C=S) groups is 1. The first-order valence-corrected chi connectivity index (χ1v) is 7.44. The molecule has 2 aliphatic carbocycles. The van der Waals surface area contributed by atoms with E-state index in [0.29, 0.717) is 17.1 Å². The number of hydrogen-bond acceptors (Lipinski definition) is 2. The number of hydrazine groups is 1. The number of hydrogen-bond donors (Lipinski definition) is 3. The van der Waals surface area contributed by atoms with E-state index < -0.39 is 0 Å². The maximum atomic E-state index is 11.6. The van der Waals surface area contributed by atoms with E-state index in [9.17, 15) is 4.79 Å². The maximum Gasteiger partial charge on any atom is 0.241 e. The zero-order valence-electron chi connectivity index (χ0n) is 11.0. The van der Waals surface area contributed by atoms with Gasteiger partial charge in [-0.2, -0.15) is 0 Å². The second-order valence-electron chi connectivity index (χ2n) is 5.58. The molecule has 102 valence electrons. The van der Waals surface area contributed by atoms with Crippen LogP contribution in [0.3, 0.4) is 0 Å². The Hall–Kier alpha value is -0.840. The minimum Gasteiger partial charge on any atom is -0.358 e. The van der Waals surface area contributed by atoms with Crippen LogP contribution in [0.15, 0.2) is 0 Å². The maximum absolute atomic E-state index is 11.6. The van der Waals surface area contributed by atoms with Crippen LogP contribution in [0.25, 0.3) is 0 Å². The first-order valence-electron chi connectivity index (χ1n) is 7.03. The molecule has 3 N–H and O–H groups in total. The fourth-order valence-electron chi connectivity index (χ4n) is 2.63. The fraction of sp³-hybridized carbons (Fsp3) is 0.846. The van der Waals surface area contributed by atoms with Crippen LogP contribution in [0, 0.1) is 11.8 Å². The lowest BCUT2D eigenvalue weighted by atomic mass is 9.85. The molecule has 2 aliphatic rings. The van der Waals surface area contributed by atoms with Crippen molar-refractivity contribution in [1.82, 2.24) is 16.2 Å². The van der Waals surface area contributed by atoms with Crippen LogP contribution in [-0.4, -0.2) is 17.1 Å². The summed E-state index contributed by atoms with van der Waals surface area (Å²) in [6.07, 6.45) is 8.19. The zero-order chi connectivity index (χ0) is 13.0. The third-order valence-corrected chi connectivity index (χ3v) is 4.42. The number of rotatable bonds is 2. The van der Waals surface area contributed by atoms with Gasteiger partial charge < -0.3 is 5.32 Å². The Bertz CT molecular complexity index is 317. The molecule has 0 radical (unpaired) electrons. The lowest BCUT2D eigenvalue weighted by Gasteiger charge is -2.31. The fourth-order valence-corrected chi connectivity index (χ4v) is 2.83. The Morgan fingerprint density at radius 1 is 1.06 bits per heavy atom.